The number of carbonyl (C=O) groups is 1. The Kier molecular flexibility index (Phi) is 5.97. The van der Waals surface area contributed by atoms with Crippen LogP contribution in [0.25, 0.3) is 5.69 Å². The van der Waals surface area contributed by atoms with Crippen molar-refractivity contribution in [3.05, 3.63) is 48.3 Å². The SMILES string of the molecule is CCN(CCO)C(=O)NCCc1cnn(-c2ccccc2)c1. The highest BCUT2D eigenvalue weighted by molar-refractivity contribution is 5.74. The molecule has 2 N–H and O–H groups in total. The van der Waals surface area contributed by atoms with E-state index in [2.05, 4.69) is 10.4 Å². The third kappa shape index (κ3) is 4.33. The molecular weight excluding hydrogens is 280 g/mol. The van der Waals surface area contributed by atoms with Gasteiger partial charge < -0.3 is 15.3 Å². The molecule has 0 radical (unpaired) electrons. The first-order valence-electron chi connectivity index (χ1n) is 7.47. The molecule has 0 unspecified atom stereocenters. The lowest BCUT2D eigenvalue weighted by Gasteiger charge is -2.19. The van der Waals surface area contributed by atoms with Crippen molar-refractivity contribution < 1.29 is 9.90 Å². The van der Waals surface area contributed by atoms with Crippen LogP contribution in [0.1, 0.15) is 12.5 Å². The molecule has 1 heterocycles. The van der Waals surface area contributed by atoms with Crippen LogP contribution in [0.15, 0.2) is 42.7 Å². The number of urea groups is 1. The molecule has 0 aliphatic rings. The quantitative estimate of drug-likeness (QED) is 0.813. The number of nitrogens with one attached hydrogen (secondary N) is 1. The number of nitrogens with zero attached hydrogens (tertiary/aromatic N) is 3. The smallest absolute Gasteiger partial charge is 0.317 e. The van der Waals surface area contributed by atoms with Gasteiger partial charge in [0.25, 0.3) is 0 Å². The first kappa shape index (κ1) is 16.0. The summed E-state index contributed by atoms with van der Waals surface area (Å²) in [6.07, 6.45) is 4.49. The van der Waals surface area contributed by atoms with Crippen LogP contribution in [0.3, 0.4) is 0 Å². The molecule has 118 valence electrons. The number of aliphatic hydroxyl groups is 1. The summed E-state index contributed by atoms with van der Waals surface area (Å²) in [5, 5.41) is 16.1. The molecule has 0 fully saturated rings. The van der Waals surface area contributed by atoms with Gasteiger partial charge in [-0.3, -0.25) is 0 Å². The van der Waals surface area contributed by atoms with Gasteiger partial charge in [0.2, 0.25) is 0 Å². The molecule has 0 saturated carbocycles. The molecule has 0 saturated heterocycles. The molecule has 22 heavy (non-hydrogen) atoms. The molecule has 1 aromatic heterocycles. The molecule has 2 amide bonds. The number of aliphatic hydroxyl groups excluding tert-OH is 1. The van der Waals surface area contributed by atoms with Gasteiger partial charge in [0.1, 0.15) is 0 Å². The second-order valence-corrected chi connectivity index (χ2v) is 4.91. The molecule has 1 aromatic carbocycles. The van der Waals surface area contributed by atoms with Gasteiger partial charge >= 0.3 is 6.03 Å². The number of amides is 2. The minimum Gasteiger partial charge on any atom is -0.395 e. The summed E-state index contributed by atoms with van der Waals surface area (Å²) in [7, 11) is 0. The van der Waals surface area contributed by atoms with Crippen molar-refractivity contribution >= 4 is 6.03 Å². The van der Waals surface area contributed by atoms with Gasteiger partial charge in [0.05, 0.1) is 18.5 Å². The number of rotatable bonds is 7. The van der Waals surface area contributed by atoms with Crippen LogP contribution >= 0.6 is 0 Å². The minimum absolute atomic E-state index is 0.0227. The van der Waals surface area contributed by atoms with Crippen LogP contribution in [0.4, 0.5) is 4.79 Å². The van der Waals surface area contributed by atoms with Gasteiger partial charge in [0.15, 0.2) is 0 Å². The minimum atomic E-state index is -0.146. The fourth-order valence-corrected chi connectivity index (χ4v) is 2.16. The lowest BCUT2D eigenvalue weighted by atomic mass is 10.2. The van der Waals surface area contributed by atoms with E-state index in [-0.39, 0.29) is 12.6 Å². The molecule has 0 atom stereocenters. The highest BCUT2D eigenvalue weighted by Crippen LogP contribution is 2.07. The average molecular weight is 302 g/mol. The van der Waals surface area contributed by atoms with E-state index in [0.717, 1.165) is 17.7 Å². The van der Waals surface area contributed by atoms with Gasteiger partial charge in [-0.05, 0) is 31.0 Å². The molecule has 6 nitrogen and oxygen atoms in total. The molecule has 2 aromatic rings. The van der Waals surface area contributed by atoms with Crippen molar-refractivity contribution in [1.82, 2.24) is 20.0 Å². The number of hydrogen-bond acceptors (Lipinski definition) is 3. The molecule has 0 aliphatic heterocycles. The maximum atomic E-state index is 11.9. The van der Waals surface area contributed by atoms with Gasteiger partial charge in [-0.2, -0.15) is 5.10 Å². The largest absolute Gasteiger partial charge is 0.395 e. The summed E-state index contributed by atoms with van der Waals surface area (Å²) < 4.78 is 1.82. The summed E-state index contributed by atoms with van der Waals surface area (Å²) >= 11 is 0. The monoisotopic (exact) mass is 302 g/mol. The molecule has 0 aliphatic carbocycles. The molecule has 2 rings (SSSR count). The van der Waals surface area contributed by atoms with E-state index in [0.29, 0.717) is 19.6 Å². The van der Waals surface area contributed by atoms with E-state index in [1.165, 1.54) is 0 Å². The highest BCUT2D eigenvalue weighted by Gasteiger charge is 2.09. The maximum Gasteiger partial charge on any atom is 0.317 e. The number of carbonyl (C=O) groups excluding carboxylic acids is 1. The summed E-state index contributed by atoms with van der Waals surface area (Å²) in [4.78, 5) is 13.4. The van der Waals surface area contributed by atoms with E-state index < -0.39 is 0 Å². The zero-order valence-electron chi connectivity index (χ0n) is 12.8. The first-order chi connectivity index (χ1) is 10.7. The third-order valence-corrected chi connectivity index (χ3v) is 3.39. The standard InChI is InChI=1S/C16H22N4O2/c1-2-19(10-11-21)16(22)17-9-8-14-12-18-20(13-14)15-6-4-3-5-7-15/h3-7,12-13,21H,2,8-11H2,1H3,(H,17,22). The van der Waals surface area contributed by atoms with Crippen LogP contribution in [-0.4, -0.2) is 52.1 Å². The number of likely N-dealkylation sites (N-methyl/N-ethyl adjacent to an activating group) is 1. The lowest BCUT2D eigenvalue weighted by Crippen LogP contribution is -2.42. The summed E-state index contributed by atoms with van der Waals surface area (Å²) in [5.74, 6) is 0. The Morgan fingerprint density at radius 1 is 1.36 bits per heavy atom. The van der Waals surface area contributed by atoms with Crippen molar-refractivity contribution in [1.29, 1.82) is 0 Å². The zero-order valence-corrected chi connectivity index (χ0v) is 12.8. The summed E-state index contributed by atoms with van der Waals surface area (Å²) in [5.41, 5.74) is 2.08. The Morgan fingerprint density at radius 2 is 2.14 bits per heavy atom. The van der Waals surface area contributed by atoms with Crippen molar-refractivity contribution in [2.45, 2.75) is 13.3 Å². The summed E-state index contributed by atoms with van der Waals surface area (Å²) in [6, 6.07) is 9.75. The van der Waals surface area contributed by atoms with Crippen LogP contribution in [0.5, 0.6) is 0 Å². The van der Waals surface area contributed by atoms with Crippen LogP contribution in [-0.2, 0) is 6.42 Å². The Labute approximate surface area is 130 Å². The molecule has 6 heteroatoms. The molecular formula is C16H22N4O2. The Bertz CT molecular complexity index is 583. The van der Waals surface area contributed by atoms with E-state index in [4.69, 9.17) is 5.11 Å². The molecule has 0 bridgehead atoms. The fourth-order valence-electron chi connectivity index (χ4n) is 2.16. The van der Waals surface area contributed by atoms with Crippen LogP contribution in [0, 0.1) is 0 Å². The number of aromatic nitrogens is 2. The Morgan fingerprint density at radius 3 is 2.82 bits per heavy atom. The number of hydrogen-bond donors (Lipinski definition) is 2. The predicted octanol–water partition coefficient (Wildman–Crippen LogP) is 1.44. The van der Waals surface area contributed by atoms with E-state index >= 15 is 0 Å². The normalized spacial score (nSPS) is 10.5. The lowest BCUT2D eigenvalue weighted by molar-refractivity contribution is 0.180. The molecule has 0 spiro atoms. The van der Waals surface area contributed by atoms with Crippen molar-refractivity contribution in [2.75, 3.05) is 26.2 Å². The van der Waals surface area contributed by atoms with Crippen LogP contribution in [0.2, 0.25) is 0 Å². The Hall–Kier alpha value is -2.34. The Balaban J connectivity index is 1.83. The van der Waals surface area contributed by atoms with Gasteiger partial charge in [-0.25, -0.2) is 9.48 Å². The zero-order chi connectivity index (χ0) is 15.8. The third-order valence-electron chi connectivity index (χ3n) is 3.39. The first-order valence-corrected chi connectivity index (χ1v) is 7.47. The second-order valence-electron chi connectivity index (χ2n) is 4.91. The predicted molar refractivity (Wildman–Crippen MR) is 85.0 cm³/mol. The van der Waals surface area contributed by atoms with E-state index in [1.54, 1.807) is 4.90 Å². The van der Waals surface area contributed by atoms with Gasteiger partial charge in [0, 0.05) is 25.8 Å². The van der Waals surface area contributed by atoms with Crippen LogP contribution < -0.4 is 5.32 Å². The van der Waals surface area contributed by atoms with Gasteiger partial charge in [-0.15, -0.1) is 0 Å². The summed E-state index contributed by atoms with van der Waals surface area (Å²) in [6.45, 7) is 3.35. The topological polar surface area (TPSA) is 70.4 Å². The van der Waals surface area contributed by atoms with Crippen molar-refractivity contribution in [3.8, 4) is 5.69 Å². The number of para-hydroxylation sites is 1. The van der Waals surface area contributed by atoms with E-state index in [9.17, 15) is 4.79 Å². The van der Waals surface area contributed by atoms with Crippen molar-refractivity contribution in [3.63, 3.8) is 0 Å². The fraction of sp³-hybridized carbons (Fsp3) is 0.375. The second kappa shape index (κ2) is 8.19. The van der Waals surface area contributed by atoms with E-state index in [1.807, 2.05) is 54.3 Å². The highest BCUT2D eigenvalue weighted by atomic mass is 16.3. The van der Waals surface area contributed by atoms with Crippen molar-refractivity contribution in [2.24, 2.45) is 0 Å². The van der Waals surface area contributed by atoms with Gasteiger partial charge in [-0.1, -0.05) is 18.2 Å². The average Bonchev–Trinajstić information content (AvgIpc) is 3.02. The number of benzene rings is 1. The maximum absolute atomic E-state index is 11.9.